The van der Waals surface area contributed by atoms with E-state index < -0.39 is 0 Å². The van der Waals surface area contributed by atoms with Crippen molar-refractivity contribution in [1.29, 1.82) is 0 Å². The zero-order valence-electron chi connectivity index (χ0n) is 17.2. The van der Waals surface area contributed by atoms with E-state index in [4.69, 9.17) is 0 Å². The first kappa shape index (κ1) is 19.2. The number of para-hydroxylation sites is 1. The Balaban J connectivity index is 1.75. The summed E-state index contributed by atoms with van der Waals surface area (Å²) in [5.41, 5.74) is 4.99. The highest BCUT2D eigenvalue weighted by atomic mass is 16.2. The van der Waals surface area contributed by atoms with E-state index in [1.807, 2.05) is 60.0 Å². The van der Waals surface area contributed by atoms with Crippen LogP contribution >= 0.6 is 0 Å². The molecule has 0 aliphatic carbocycles. The highest BCUT2D eigenvalue weighted by Crippen LogP contribution is 2.42. The zero-order chi connectivity index (χ0) is 20.5. The molecule has 29 heavy (non-hydrogen) atoms. The van der Waals surface area contributed by atoms with Crippen LogP contribution in [-0.4, -0.2) is 46.2 Å². The number of H-pyrrole nitrogens is 1. The van der Waals surface area contributed by atoms with Gasteiger partial charge in [0.15, 0.2) is 0 Å². The number of hydrogen-bond donors (Lipinski definition) is 1. The first-order valence-electron chi connectivity index (χ1n) is 10.3. The maximum atomic E-state index is 13.3. The number of aromatic amines is 1. The van der Waals surface area contributed by atoms with E-state index in [9.17, 15) is 9.59 Å². The number of carbonyl (C=O) groups is 2. The molecule has 1 aliphatic rings. The van der Waals surface area contributed by atoms with Crippen molar-refractivity contribution < 1.29 is 9.59 Å². The molecule has 150 valence electrons. The number of nitrogens with one attached hydrogen (secondary N) is 1. The van der Waals surface area contributed by atoms with Gasteiger partial charge in [-0.15, -0.1) is 0 Å². The smallest absolute Gasteiger partial charge is 0.255 e. The van der Waals surface area contributed by atoms with Gasteiger partial charge < -0.3 is 14.8 Å². The van der Waals surface area contributed by atoms with E-state index in [1.165, 1.54) is 0 Å². The summed E-state index contributed by atoms with van der Waals surface area (Å²) in [6, 6.07) is 15.8. The summed E-state index contributed by atoms with van der Waals surface area (Å²) >= 11 is 0. The number of hydrogen-bond acceptors (Lipinski definition) is 2. The normalized spacial score (nSPS) is 15.8. The molecule has 5 heteroatoms. The number of benzene rings is 2. The fourth-order valence-corrected chi connectivity index (χ4v) is 4.51. The SMILES string of the molecule is CCN(CC)C(=O)CCN1C(=O)c2ccccc2[C@@H]1c1c(C)[nH]c2ccccc12. The van der Waals surface area contributed by atoms with Crippen LogP contribution in [0.5, 0.6) is 0 Å². The van der Waals surface area contributed by atoms with Gasteiger partial charge in [0.05, 0.1) is 6.04 Å². The zero-order valence-corrected chi connectivity index (χ0v) is 17.2. The molecule has 3 aromatic rings. The van der Waals surface area contributed by atoms with Crippen LogP contribution in [0.3, 0.4) is 0 Å². The second-order valence-corrected chi connectivity index (χ2v) is 7.51. The molecule has 2 aromatic carbocycles. The van der Waals surface area contributed by atoms with Gasteiger partial charge in [0.2, 0.25) is 5.91 Å². The summed E-state index contributed by atoms with van der Waals surface area (Å²) in [6.07, 6.45) is 0.333. The lowest BCUT2D eigenvalue weighted by Gasteiger charge is -2.27. The first-order valence-corrected chi connectivity index (χ1v) is 10.3. The molecule has 5 nitrogen and oxygen atoms in total. The number of carbonyl (C=O) groups excluding carboxylic acids is 2. The molecule has 0 bridgehead atoms. The number of aromatic nitrogens is 1. The lowest BCUT2D eigenvalue weighted by molar-refractivity contribution is -0.131. The number of amides is 2. The molecule has 2 heterocycles. The van der Waals surface area contributed by atoms with Crippen molar-refractivity contribution in [2.24, 2.45) is 0 Å². The fraction of sp³-hybridized carbons (Fsp3) is 0.333. The van der Waals surface area contributed by atoms with E-state index >= 15 is 0 Å². The van der Waals surface area contributed by atoms with Crippen molar-refractivity contribution in [3.63, 3.8) is 0 Å². The number of aryl methyl sites for hydroxylation is 1. The first-order chi connectivity index (χ1) is 14.1. The maximum Gasteiger partial charge on any atom is 0.255 e. The Morgan fingerprint density at radius 3 is 2.52 bits per heavy atom. The van der Waals surface area contributed by atoms with Crippen molar-refractivity contribution in [2.75, 3.05) is 19.6 Å². The quantitative estimate of drug-likeness (QED) is 0.684. The van der Waals surface area contributed by atoms with E-state index in [-0.39, 0.29) is 17.9 Å². The molecule has 2 amide bonds. The van der Waals surface area contributed by atoms with Crippen LogP contribution in [0.2, 0.25) is 0 Å². The molecule has 0 saturated carbocycles. The Bertz CT molecular complexity index is 1060. The van der Waals surface area contributed by atoms with Gasteiger partial charge in [0, 0.05) is 53.8 Å². The molecule has 4 rings (SSSR count). The van der Waals surface area contributed by atoms with Gasteiger partial charge in [-0.05, 0) is 38.5 Å². The lowest BCUT2D eigenvalue weighted by atomic mass is 9.95. The third-order valence-corrected chi connectivity index (χ3v) is 5.96. The van der Waals surface area contributed by atoms with Crippen LogP contribution in [0.25, 0.3) is 10.9 Å². The molecular weight excluding hydrogens is 362 g/mol. The van der Waals surface area contributed by atoms with Crippen LogP contribution < -0.4 is 0 Å². The molecule has 1 atom stereocenters. The maximum absolute atomic E-state index is 13.3. The van der Waals surface area contributed by atoms with Crippen molar-refractivity contribution >= 4 is 22.7 Å². The van der Waals surface area contributed by atoms with E-state index in [2.05, 4.69) is 24.0 Å². The lowest BCUT2D eigenvalue weighted by Crippen LogP contribution is -2.36. The Morgan fingerprint density at radius 2 is 1.76 bits per heavy atom. The third-order valence-electron chi connectivity index (χ3n) is 5.96. The van der Waals surface area contributed by atoms with Crippen LogP contribution in [0.1, 0.15) is 53.5 Å². The van der Waals surface area contributed by atoms with Gasteiger partial charge in [-0.3, -0.25) is 9.59 Å². The minimum absolute atomic E-state index is 0.00243. The minimum Gasteiger partial charge on any atom is -0.358 e. The highest BCUT2D eigenvalue weighted by Gasteiger charge is 2.39. The highest BCUT2D eigenvalue weighted by molar-refractivity contribution is 6.01. The predicted octanol–water partition coefficient (Wildman–Crippen LogP) is 4.28. The van der Waals surface area contributed by atoms with Crippen molar-refractivity contribution in [2.45, 2.75) is 33.2 Å². The van der Waals surface area contributed by atoms with Gasteiger partial charge in [-0.1, -0.05) is 36.4 Å². The molecule has 0 unspecified atom stereocenters. The number of nitrogens with zero attached hydrogens (tertiary/aromatic N) is 2. The van der Waals surface area contributed by atoms with Gasteiger partial charge in [-0.2, -0.15) is 0 Å². The van der Waals surface area contributed by atoms with Crippen LogP contribution in [0.15, 0.2) is 48.5 Å². The summed E-state index contributed by atoms with van der Waals surface area (Å²) in [5, 5.41) is 1.12. The average molecular weight is 389 g/mol. The topological polar surface area (TPSA) is 56.4 Å². The van der Waals surface area contributed by atoms with Crippen LogP contribution in [0, 0.1) is 6.92 Å². The second-order valence-electron chi connectivity index (χ2n) is 7.51. The van der Waals surface area contributed by atoms with Gasteiger partial charge in [0.25, 0.3) is 5.91 Å². The molecule has 0 spiro atoms. The summed E-state index contributed by atoms with van der Waals surface area (Å²) in [7, 11) is 0. The summed E-state index contributed by atoms with van der Waals surface area (Å²) < 4.78 is 0. The van der Waals surface area contributed by atoms with E-state index in [0.717, 1.165) is 33.3 Å². The number of fused-ring (bicyclic) bond motifs is 2. The Hall–Kier alpha value is -3.08. The summed E-state index contributed by atoms with van der Waals surface area (Å²) in [5.74, 6) is 0.0933. The molecular formula is C24H27N3O2. The summed E-state index contributed by atoms with van der Waals surface area (Å²) in [6.45, 7) is 7.81. The Labute approximate surface area is 171 Å². The van der Waals surface area contributed by atoms with Gasteiger partial charge >= 0.3 is 0 Å². The monoisotopic (exact) mass is 389 g/mol. The standard InChI is InChI=1S/C24H27N3O2/c1-4-26(5-2)21(28)14-15-27-23(17-10-6-7-11-18(17)24(27)29)22-16(3)25-20-13-9-8-12-19(20)22/h6-13,23,25H,4-5,14-15H2,1-3H3/t23-/m1/s1. The molecule has 0 radical (unpaired) electrons. The van der Waals surface area contributed by atoms with E-state index in [0.29, 0.717) is 26.1 Å². The predicted molar refractivity (Wildman–Crippen MR) is 115 cm³/mol. The fourth-order valence-electron chi connectivity index (χ4n) is 4.51. The van der Waals surface area contributed by atoms with Crippen molar-refractivity contribution in [3.8, 4) is 0 Å². The van der Waals surface area contributed by atoms with Gasteiger partial charge in [-0.25, -0.2) is 0 Å². The minimum atomic E-state index is -0.181. The number of rotatable bonds is 6. The largest absolute Gasteiger partial charge is 0.358 e. The van der Waals surface area contributed by atoms with E-state index in [1.54, 1.807) is 0 Å². The van der Waals surface area contributed by atoms with Gasteiger partial charge in [0.1, 0.15) is 0 Å². The average Bonchev–Trinajstić information content (AvgIpc) is 3.20. The van der Waals surface area contributed by atoms with Crippen LogP contribution in [0.4, 0.5) is 0 Å². The molecule has 1 aromatic heterocycles. The Kier molecular flexibility index (Phi) is 5.14. The second kappa shape index (κ2) is 7.74. The Morgan fingerprint density at radius 1 is 1.07 bits per heavy atom. The summed E-state index contributed by atoms with van der Waals surface area (Å²) in [4.78, 5) is 33.0. The third kappa shape index (κ3) is 3.20. The molecule has 1 N–H and O–H groups in total. The molecule has 0 saturated heterocycles. The van der Waals surface area contributed by atoms with Crippen LogP contribution in [-0.2, 0) is 4.79 Å². The molecule has 0 fully saturated rings. The molecule has 1 aliphatic heterocycles. The van der Waals surface area contributed by atoms with Crippen molar-refractivity contribution in [3.05, 3.63) is 70.9 Å². The van der Waals surface area contributed by atoms with Crippen molar-refractivity contribution in [1.82, 2.24) is 14.8 Å².